The number of rotatable bonds is 6. The Labute approximate surface area is 131 Å². The van der Waals surface area contributed by atoms with Gasteiger partial charge < -0.3 is 14.8 Å². The van der Waals surface area contributed by atoms with Gasteiger partial charge >= 0.3 is 0 Å². The van der Waals surface area contributed by atoms with Crippen LogP contribution in [0.15, 0.2) is 21.1 Å². The van der Waals surface area contributed by atoms with Crippen LogP contribution >= 0.6 is 31.9 Å². The Kier molecular flexibility index (Phi) is 5.98. The quantitative estimate of drug-likeness (QED) is 0.718. The summed E-state index contributed by atoms with van der Waals surface area (Å²) in [6.07, 6.45) is 5.17. The Hall–Kier alpha value is -0.260. The minimum absolute atomic E-state index is 0.477. The van der Waals surface area contributed by atoms with Gasteiger partial charge in [-0.25, -0.2) is 0 Å². The van der Waals surface area contributed by atoms with Crippen LogP contribution in [0.2, 0.25) is 0 Å². The van der Waals surface area contributed by atoms with Crippen LogP contribution in [0.5, 0.6) is 5.75 Å². The molecule has 0 bridgehead atoms. The zero-order valence-corrected chi connectivity index (χ0v) is 14.2. The normalized spacial score (nSPS) is 18.6. The molecule has 1 atom stereocenters. The Morgan fingerprint density at radius 3 is 2.89 bits per heavy atom. The molecule has 5 heteroatoms. The zero-order valence-electron chi connectivity index (χ0n) is 11.0. The lowest BCUT2D eigenvalue weighted by Gasteiger charge is -2.13. The summed E-state index contributed by atoms with van der Waals surface area (Å²) in [5.41, 5.74) is 1.06. The molecule has 1 aromatic rings. The molecule has 106 valence electrons. The van der Waals surface area contributed by atoms with Gasteiger partial charge in [0.1, 0.15) is 5.75 Å². The van der Waals surface area contributed by atoms with Crippen molar-refractivity contribution in [2.75, 3.05) is 25.6 Å². The van der Waals surface area contributed by atoms with Crippen LogP contribution in [0.25, 0.3) is 0 Å². The average Bonchev–Trinajstić information content (AvgIpc) is 2.90. The van der Waals surface area contributed by atoms with Crippen molar-refractivity contribution in [3.8, 4) is 5.75 Å². The maximum atomic E-state index is 5.62. The van der Waals surface area contributed by atoms with Crippen molar-refractivity contribution in [1.29, 1.82) is 0 Å². The van der Waals surface area contributed by atoms with Crippen LogP contribution < -0.4 is 10.1 Å². The summed E-state index contributed by atoms with van der Waals surface area (Å²) in [5.74, 6) is 0.838. The van der Waals surface area contributed by atoms with Gasteiger partial charge in [-0.2, -0.15) is 0 Å². The number of methoxy groups -OCH3 is 1. The van der Waals surface area contributed by atoms with Gasteiger partial charge in [0.25, 0.3) is 0 Å². The molecule has 1 aromatic carbocycles. The third-order valence-electron chi connectivity index (χ3n) is 3.28. The number of anilines is 1. The second-order valence-corrected chi connectivity index (χ2v) is 6.38. The monoisotopic (exact) mass is 391 g/mol. The van der Waals surface area contributed by atoms with E-state index in [1.807, 2.05) is 12.1 Å². The van der Waals surface area contributed by atoms with Crippen LogP contribution in [0.4, 0.5) is 5.69 Å². The predicted octanol–water partition coefficient (Wildman–Crippen LogP) is 4.59. The van der Waals surface area contributed by atoms with E-state index in [0.29, 0.717) is 6.10 Å². The first kappa shape index (κ1) is 15.1. The standard InChI is InChI=1S/C14H19Br2NO2/c1-18-14-9-13(11(15)8-12(14)16)17-6-2-4-10-5-3-7-19-10/h8-10,17H,2-7H2,1H3. The van der Waals surface area contributed by atoms with E-state index in [2.05, 4.69) is 37.2 Å². The number of halogens is 2. The molecular weight excluding hydrogens is 374 g/mol. The summed E-state index contributed by atoms with van der Waals surface area (Å²) in [6, 6.07) is 4.00. The Bertz CT molecular complexity index is 420. The summed E-state index contributed by atoms with van der Waals surface area (Å²) < 4.78 is 12.9. The third kappa shape index (κ3) is 4.36. The van der Waals surface area contributed by atoms with Crippen LogP contribution in [-0.2, 0) is 4.74 Å². The zero-order chi connectivity index (χ0) is 13.7. The molecule has 1 saturated heterocycles. The second kappa shape index (κ2) is 7.50. The van der Waals surface area contributed by atoms with Gasteiger partial charge in [0.15, 0.2) is 0 Å². The fraction of sp³-hybridized carbons (Fsp3) is 0.571. The maximum Gasteiger partial charge on any atom is 0.135 e. The molecule has 1 fully saturated rings. The molecule has 1 heterocycles. The van der Waals surface area contributed by atoms with Gasteiger partial charge in [-0.15, -0.1) is 0 Å². The molecule has 3 nitrogen and oxygen atoms in total. The maximum absolute atomic E-state index is 5.62. The number of hydrogen-bond acceptors (Lipinski definition) is 3. The highest BCUT2D eigenvalue weighted by Crippen LogP contribution is 2.34. The first-order valence-corrected chi connectivity index (χ1v) is 8.18. The van der Waals surface area contributed by atoms with Gasteiger partial charge in [0.2, 0.25) is 0 Å². The minimum atomic E-state index is 0.477. The number of ether oxygens (including phenoxy) is 2. The van der Waals surface area contributed by atoms with Gasteiger partial charge in [-0.3, -0.25) is 0 Å². The van der Waals surface area contributed by atoms with Crippen molar-refractivity contribution < 1.29 is 9.47 Å². The van der Waals surface area contributed by atoms with E-state index in [9.17, 15) is 0 Å². The van der Waals surface area contributed by atoms with E-state index in [1.165, 1.54) is 12.8 Å². The number of benzene rings is 1. The Morgan fingerprint density at radius 2 is 2.21 bits per heavy atom. The summed E-state index contributed by atoms with van der Waals surface area (Å²) in [4.78, 5) is 0. The smallest absolute Gasteiger partial charge is 0.135 e. The second-order valence-electron chi connectivity index (χ2n) is 4.67. The number of nitrogens with one attached hydrogen (secondary N) is 1. The van der Waals surface area contributed by atoms with Crippen molar-refractivity contribution in [2.45, 2.75) is 31.8 Å². The fourth-order valence-electron chi connectivity index (χ4n) is 2.25. The van der Waals surface area contributed by atoms with Crippen molar-refractivity contribution >= 4 is 37.5 Å². The Morgan fingerprint density at radius 1 is 1.37 bits per heavy atom. The minimum Gasteiger partial charge on any atom is -0.495 e. The molecule has 1 N–H and O–H groups in total. The summed E-state index contributed by atoms with van der Waals surface area (Å²) in [7, 11) is 1.68. The highest BCUT2D eigenvalue weighted by molar-refractivity contribution is 9.11. The SMILES string of the molecule is COc1cc(NCCCC2CCCO2)c(Br)cc1Br. The van der Waals surface area contributed by atoms with Crippen LogP contribution in [0.1, 0.15) is 25.7 Å². The topological polar surface area (TPSA) is 30.5 Å². The molecule has 1 aliphatic rings. The van der Waals surface area contributed by atoms with Crippen LogP contribution in [0.3, 0.4) is 0 Å². The van der Waals surface area contributed by atoms with E-state index in [0.717, 1.165) is 46.4 Å². The first-order chi connectivity index (χ1) is 9.20. The molecule has 0 aliphatic carbocycles. The van der Waals surface area contributed by atoms with Crippen molar-refractivity contribution in [3.05, 3.63) is 21.1 Å². The fourth-order valence-corrected chi connectivity index (χ4v) is 3.54. The van der Waals surface area contributed by atoms with Crippen molar-refractivity contribution in [2.24, 2.45) is 0 Å². The lowest BCUT2D eigenvalue weighted by atomic mass is 10.1. The lowest BCUT2D eigenvalue weighted by Crippen LogP contribution is -2.09. The summed E-state index contributed by atoms with van der Waals surface area (Å²) in [5, 5.41) is 3.44. The summed E-state index contributed by atoms with van der Waals surface area (Å²) in [6.45, 7) is 1.89. The predicted molar refractivity (Wildman–Crippen MR) is 85.1 cm³/mol. The summed E-state index contributed by atoms with van der Waals surface area (Å²) >= 11 is 7.02. The van der Waals surface area contributed by atoms with Gasteiger partial charge in [0, 0.05) is 23.7 Å². The van der Waals surface area contributed by atoms with Crippen molar-refractivity contribution in [1.82, 2.24) is 0 Å². The van der Waals surface area contributed by atoms with E-state index >= 15 is 0 Å². The van der Waals surface area contributed by atoms with E-state index in [4.69, 9.17) is 9.47 Å². The largest absolute Gasteiger partial charge is 0.495 e. The number of hydrogen-bond donors (Lipinski definition) is 1. The van der Waals surface area contributed by atoms with E-state index in [1.54, 1.807) is 7.11 Å². The first-order valence-electron chi connectivity index (χ1n) is 6.59. The van der Waals surface area contributed by atoms with Crippen molar-refractivity contribution in [3.63, 3.8) is 0 Å². The molecular formula is C14H19Br2NO2. The average molecular weight is 393 g/mol. The van der Waals surface area contributed by atoms with Gasteiger partial charge in [-0.1, -0.05) is 0 Å². The van der Waals surface area contributed by atoms with Gasteiger partial charge in [0.05, 0.1) is 23.4 Å². The van der Waals surface area contributed by atoms with Crippen LogP contribution in [-0.4, -0.2) is 26.4 Å². The highest BCUT2D eigenvalue weighted by atomic mass is 79.9. The molecule has 2 rings (SSSR count). The molecule has 1 unspecified atom stereocenters. The molecule has 0 aromatic heterocycles. The van der Waals surface area contributed by atoms with Gasteiger partial charge in [-0.05, 0) is 63.6 Å². The Balaban J connectivity index is 1.81. The molecule has 0 saturated carbocycles. The molecule has 0 amide bonds. The molecule has 19 heavy (non-hydrogen) atoms. The van der Waals surface area contributed by atoms with E-state index in [-0.39, 0.29) is 0 Å². The van der Waals surface area contributed by atoms with E-state index < -0.39 is 0 Å². The molecule has 1 aliphatic heterocycles. The lowest BCUT2D eigenvalue weighted by molar-refractivity contribution is 0.103. The van der Waals surface area contributed by atoms with Crippen LogP contribution in [0, 0.1) is 0 Å². The molecule has 0 spiro atoms. The highest BCUT2D eigenvalue weighted by Gasteiger charge is 2.14. The molecule has 0 radical (unpaired) electrons. The third-order valence-corrected chi connectivity index (χ3v) is 4.56.